The van der Waals surface area contributed by atoms with E-state index in [4.69, 9.17) is 18.9 Å². The predicted molar refractivity (Wildman–Crippen MR) is 158 cm³/mol. The van der Waals surface area contributed by atoms with E-state index in [9.17, 15) is 4.79 Å². The van der Waals surface area contributed by atoms with Crippen LogP contribution in [0.2, 0.25) is 0 Å². The minimum Gasteiger partial charge on any atom is -0.353 e. The van der Waals surface area contributed by atoms with Gasteiger partial charge in [0.1, 0.15) is 11.6 Å². The van der Waals surface area contributed by atoms with Crippen molar-refractivity contribution in [1.29, 1.82) is 0 Å². The lowest BCUT2D eigenvalue weighted by molar-refractivity contribution is -0.192. The van der Waals surface area contributed by atoms with Crippen LogP contribution in [0.5, 0.6) is 0 Å². The Morgan fingerprint density at radius 3 is 2.55 bits per heavy atom. The molecule has 0 radical (unpaired) electrons. The summed E-state index contributed by atoms with van der Waals surface area (Å²) in [7, 11) is 0. The number of ketones is 1. The number of aromatic nitrogens is 4. The Hall–Kier alpha value is -2.72. The lowest BCUT2D eigenvalue weighted by atomic mass is 9.90. The summed E-state index contributed by atoms with van der Waals surface area (Å²) >= 11 is 0. The van der Waals surface area contributed by atoms with Gasteiger partial charge in [-0.05, 0) is 86.6 Å². The molecule has 9 nitrogen and oxygen atoms in total. The van der Waals surface area contributed by atoms with Crippen LogP contribution < -0.4 is 0 Å². The summed E-state index contributed by atoms with van der Waals surface area (Å²) < 4.78 is 24.8. The summed E-state index contributed by atoms with van der Waals surface area (Å²) in [6, 6.07) is 10.5. The molecular formula is C33H46N4O5. The van der Waals surface area contributed by atoms with Crippen LogP contribution in [0.1, 0.15) is 82.0 Å². The molecule has 9 heteroatoms. The molecule has 0 bridgehead atoms. The fraction of sp³-hybridized carbons (Fsp3) is 0.636. The molecule has 3 fully saturated rings. The Morgan fingerprint density at radius 2 is 1.81 bits per heavy atom. The molecule has 6 atom stereocenters. The Labute approximate surface area is 249 Å². The number of carbonyl (C=O) groups is 1. The highest BCUT2D eigenvalue weighted by Crippen LogP contribution is 2.37. The number of tetrazole rings is 1. The number of nitrogens with one attached hydrogen (secondary N) is 1. The van der Waals surface area contributed by atoms with Gasteiger partial charge < -0.3 is 18.9 Å². The zero-order valence-electron chi connectivity index (χ0n) is 24.6. The molecule has 42 heavy (non-hydrogen) atoms. The molecule has 2 aromatic rings. The van der Waals surface area contributed by atoms with Crippen molar-refractivity contribution in [3.63, 3.8) is 0 Å². The number of unbranched alkanes of at least 4 members (excludes halogenated alkanes) is 1. The highest BCUT2D eigenvalue weighted by Gasteiger charge is 2.42. The van der Waals surface area contributed by atoms with E-state index in [1.54, 1.807) is 0 Å². The van der Waals surface area contributed by atoms with E-state index in [2.05, 4.69) is 69.2 Å². The molecule has 1 saturated carbocycles. The molecule has 1 aromatic carbocycles. The Morgan fingerprint density at radius 1 is 1.00 bits per heavy atom. The van der Waals surface area contributed by atoms with Crippen LogP contribution in [0.25, 0.3) is 0 Å². The molecule has 2 aliphatic heterocycles. The van der Waals surface area contributed by atoms with Crippen LogP contribution in [0.15, 0.2) is 54.6 Å². The van der Waals surface area contributed by atoms with E-state index in [0.717, 1.165) is 89.7 Å². The molecular weight excluding hydrogens is 532 g/mol. The fourth-order valence-corrected chi connectivity index (χ4v) is 6.12. The van der Waals surface area contributed by atoms with Gasteiger partial charge in [0.2, 0.25) is 0 Å². The highest BCUT2D eigenvalue weighted by atomic mass is 16.7. The lowest BCUT2D eigenvalue weighted by Gasteiger charge is -2.29. The maximum Gasteiger partial charge on any atom is 0.158 e. The quantitative estimate of drug-likeness (QED) is 0.212. The summed E-state index contributed by atoms with van der Waals surface area (Å²) in [6.07, 6.45) is 19.7. The second kappa shape index (κ2) is 16.8. The van der Waals surface area contributed by atoms with E-state index in [1.807, 2.05) is 6.07 Å². The van der Waals surface area contributed by atoms with Gasteiger partial charge in [-0.25, -0.2) is 5.10 Å². The lowest BCUT2D eigenvalue weighted by Crippen LogP contribution is -2.31. The molecule has 3 heterocycles. The molecule has 6 unspecified atom stereocenters. The Bertz CT molecular complexity index is 1100. The third kappa shape index (κ3) is 9.66. The normalized spacial score (nSPS) is 27.7. The van der Waals surface area contributed by atoms with Crippen molar-refractivity contribution in [1.82, 2.24) is 20.6 Å². The molecule has 0 spiro atoms. The van der Waals surface area contributed by atoms with Crippen molar-refractivity contribution >= 4 is 5.78 Å². The first-order valence-electron chi connectivity index (χ1n) is 15.9. The van der Waals surface area contributed by atoms with Crippen LogP contribution in [-0.2, 0) is 36.6 Å². The molecule has 1 aromatic heterocycles. The number of carbonyl (C=O) groups excluding carboxylic acids is 1. The summed E-state index contributed by atoms with van der Waals surface area (Å²) in [5.74, 6) is 0.917. The molecule has 0 amide bonds. The van der Waals surface area contributed by atoms with E-state index in [-0.39, 0.29) is 42.4 Å². The number of ether oxygens (including phenoxy) is 4. The van der Waals surface area contributed by atoms with Gasteiger partial charge in [0.25, 0.3) is 0 Å². The fourth-order valence-electron chi connectivity index (χ4n) is 6.12. The van der Waals surface area contributed by atoms with Crippen LogP contribution in [0.4, 0.5) is 0 Å². The van der Waals surface area contributed by atoms with E-state index >= 15 is 0 Å². The SMILES string of the molecule is O=C1CC(OC2CCCCO2)C(C=CC(CCc2ccccc2)OC2CCCCO2)C1C/C=C\CCCc1nnn[nH]1. The number of nitrogens with zero attached hydrogens (tertiary/aromatic N) is 3. The monoisotopic (exact) mass is 578 g/mol. The maximum atomic E-state index is 13.3. The average Bonchev–Trinajstić information content (AvgIpc) is 3.65. The van der Waals surface area contributed by atoms with Crippen molar-refractivity contribution in [2.45, 2.75) is 108 Å². The molecule has 5 rings (SSSR count). The van der Waals surface area contributed by atoms with Gasteiger partial charge in [0.15, 0.2) is 12.6 Å². The van der Waals surface area contributed by atoms with Gasteiger partial charge >= 0.3 is 0 Å². The van der Waals surface area contributed by atoms with Gasteiger partial charge in [0, 0.05) is 37.9 Å². The summed E-state index contributed by atoms with van der Waals surface area (Å²) in [5.41, 5.74) is 1.29. The van der Waals surface area contributed by atoms with Crippen LogP contribution in [0.3, 0.4) is 0 Å². The molecule has 2 saturated heterocycles. The maximum absolute atomic E-state index is 13.3. The van der Waals surface area contributed by atoms with Crippen molar-refractivity contribution in [3.05, 3.63) is 66.0 Å². The first-order valence-corrected chi connectivity index (χ1v) is 15.9. The number of hydrogen-bond acceptors (Lipinski definition) is 8. The summed E-state index contributed by atoms with van der Waals surface area (Å²) in [5, 5.41) is 14.0. The topological polar surface area (TPSA) is 108 Å². The number of benzene rings is 1. The van der Waals surface area contributed by atoms with Crippen molar-refractivity contribution in [3.8, 4) is 0 Å². The highest BCUT2D eigenvalue weighted by molar-refractivity contribution is 5.85. The van der Waals surface area contributed by atoms with E-state index < -0.39 is 0 Å². The van der Waals surface area contributed by atoms with Crippen molar-refractivity contribution in [2.24, 2.45) is 11.8 Å². The van der Waals surface area contributed by atoms with E-state index in [1.165, 1.54) is 5.56 Å². The first kappa shape index (κ1) is 30.7. The van der Waals surface area contributed by atoms with Gasteiger partial charge in [-0.2, -0.15) is 0 Å². The molecule has 1 N–H and O–H groups in total. The van der Waals surface area contributed by atoms with Gasteiger partial charge in [-0.3, -0.25) is 4.79 Å². The van der Waals surface area contributed by atoms with Gasteiger partial charge in [-0.1, -0.05) is 54.6 Å². The first-order chi connectivity index (χ1) is 20.7. The molecule has 228 valence electrons. The number of hydrogen-bond donors (Lipinski definition) is 1. The number of Topliss-reactive ketones (excluding diaryl/α,β-unsaturated/α-hetero) is 1. The second-order valence-electron chi connectivity index (χ2n) is 11.7. The number of rotatable bonds is 15. The number of allylic oxidation sites excluding steroid dienone is 2. The predicted octanol–water partition coefficient (Wildman–Crippen LogP) is 5.69. The minimum atomic E-state index is -0.229. The van der Waals surface area contributed by atoms with Crippen molar-refractivity contribution < 1.29 is 23.7 Å². The largest absolute Gasteiger partial charge is 0.353 e. The van der Waals surface area contributed by atoms with E-state index in [0.29, 0.717) is 12.8 Å². The van der Waals surface area contributed by atoms with Gasteiger partial charge in [-0.15, -0.1) is 5.10 Å². The van der Waals surface area contributed by atoms with Crippen molar-refractivity contribution in [2.75, 3.05) is 13.2 Å². The summed E-state index contributed by atoms with van der Waals surface area (Å²) in [4.78, 5) is 13.3. The summed E-state index contributed by atoms with van der Waals surface area (Å²) in [6.45, 7) is 1.47. The zero-order valence-corrected chi connectivity index (χ0v) is 24.6. The third-order valence-electron chi connectivity index (χ3n) is 8.48. The average molecular weight is 579 g/mol. The molecule has 1 aliphatic carbocycles. The van der Waals surface area contributed by atoms with Crippen LogP contribution >= 0.6 is 0 Å². The smallest absolute Gasteiger partial charge is 0.158 e. The number of aromatic amines is 1. The third-order valence-corrected chi connectivity index (χ3v) is 8.48. The standard InChI is InChI=1S/C33H46N4O5/c38-29-24-30(42-33-17-9-11-23-40-33)28(27(29)14-6-1-2-7-15-31-34-36-37-35-31)21-20-26(41-32-16-8-10-22-39-32)19-18-25-12-4-3-5-13-25/h1,3-6,12-13,20-21,26-28,30,32-33H,2,7-11,14-19,22-24H2,(H,34,35,36,37)/b6-1-,21-20?. The van der Waals surface area contributed by atoms with Gasteiger partial charge in [0.05, 0.1) is 12.2 Å². The Kier molecular flexibility index (Phi) is 12.3. The zero-order chi connectivity index (χ0) is 28.8. The second-order valence-corrected chi connectivity index (χ2v) is 11.7. The number of H-pyrrole nitrogens is 1. The molecule has 3 aliphatic rings. The van der Waals surface area contributed by atoms with Crippen LogP contribution in [-0.4, -0.2) is 64.4 Å². The van der Waals surface area contributed by atoms with Crippen LogP contribution in [0, 0.1) is 11.8 Å². The minimum absolute atomic E-state index is 0.0250. The number of aryl methyl sites for hydroxylation is 2. The Balaban J connectivity index is 1.24.